The van der Waals surface area contributed by atoms with Gasteiger partial charge >= 0.3 is 5.97 Å². The van der Waals surface area contributed by atoms with Gasteiger partial charge in [-0.1, -0.05) is 17.7 Å². The van der Waals surface area contributed by atoms with Gasteiger partial charge in [-0.3, -0.25) is 4.79 Å². The summed E-state index contributed by atoms with van der Waals surface area (Å²) in [5.41, 5.74) is 0.392. The number of carboxylic acid groups (broad SMARTS) is 1. The van der Waals surface area contributed by atoms with E-state index in [1.807, 2.05) is 0 Å². The number of amides is 1. The minimum absolute atomic E-state index is 0.293. The number of ether oxygens (including phenoxy) is 2. The van der Waals surface area contributed by atoms with Gasteiger partial charge in [0.15, 0.2) is 6.04 Å². The first-order valence-corrected chi connectivity index (χ1v) is 7.35. The molecule has 120 valence electrons. The second-order valence-corrected chi connectivity index (χ2v) is 5.50. The van der Waals surface area contributed by atoms with Crippen LogP contribution in [0.25, 0.3) is 0 Å². The van der Waals surface area contributed by atoms with Crippen molar-refractivity contribution in [1.29, 1.82) is 0 Å². The summed E-state index contributed by atoms with van der Waals surface area (Å²) >= 11 is 6.01. The van der Waals surface area contributed by atoms with Crippen LogP contribution in [0.2, 0.25) is 5.02 Å². The normalized spacial score (nSPS) is 19.3. The third kappa shape index (κ3) is 3.90. The molecular formula is C15H18ClNO5. The Hall–Kier alpha value is -1.79. The second kappa shape index (κ2) is 7.47. The van der Waals surface area contributed by atoms with Crippen LogP contribution in [-0.4, -0.2) is 37.3 Å². The van der Waals surface area contributed by atoms with Crippen molar-refractivity contribution in [2.75, 3.05) is 20.3 Å². The Labute approximate surface area is 133 Å². The van der Waals surface area contributed by atoms with Gasteiger partial charge in [0.1, 0.15) is 5.75 Å². The van der Waals surface area contributed by atoms with Crippen molar-refractivity contribution in [2.24, 2.45) is 5.92 Å². The summed E-state index contributed by atoms with van der Waals surface area (Å²) in [6, 6.07) is 3.47. The van der Waals surface area contributed by atoms with E-state index in [4.69, 9.17) is 21.1 Å². The zero-order chi connectivity index (χ0) is 16.1. The summed E-state index contributed by atoms with van der Waals surface area (Å²) in [5, 5.41) is 12.2. The lowest BCUT2D eigenvalue weighted by Crippen LogP contribution is -2.40. The van der Waals surface area contributed by atoms with E-state index in [0.29, 0.717) is 36.0 Å². The van der Waals surface area contributed by atoms with E-state index in [9.17, 15) is 14.7 Å². The third-order valence-corrected chi connectivity index (χ3v) is 3.87. The molecule has 1 aromatic carbocycles. The summed E-state index contributed by atoms with van der Waals surface area (Å²) in [4.78, 5) is 23.6. The van der Waals surface area contributed by atoms with Crippen LogP contribution in [-0.2, 0) is 14.3 Å². The number of hydrogen-bond acceptors (Lipinski definition) is 4. The van der Waals surface area contributed by atoms with Crippen molar-refractivity contribution in [3.05, 3.63) is 28.8 Å². The van der Waals surface area contributed by atoms with Crippen molar-refractivity contribution in [2.45, 2.75) is 18.9 Å². The topological polar surface area (TPSA) is 84.9 Å². The predicted molar refractivity (Wildman–Crippen MR) is 80.1 cm³/mol. The SMILES string of the molecule is COc1ccc([C@H](NC(=O)[C@H]2CCCOC2)C(=O)O)cc1Cl. The van der Waals surface area contributed by atoms with Crippen molar-refractivity contribution in [3.8, 4) is 5.75 Å². The summed E-state index contributed by atoms with van der Waals surface area (Å²) in [6.07, 6.45) is 1.49. The number of rotatable bonds is 5. The average Bonchev–Trinajstić information content (AvgIpc) is 2.52. The molecule has 0 spiro atoms. The minimum atomic E-state index is -1.15. The molecule has 1 aliphatic heterocycles. The Kier molecular flexibility index (Phi) is 5.63. The highest BCUT2D eigenvalue weighted by Crippen LogP contribution is 2.28. The van der Waals surface area contributed by atoms with Gasteiger partial charge in [-0.2, -0.15) is 0 Å². The Morgan fingerprint density at radius 1 is 1.50 bits per heavy atom. The quantitative estimate of drug-likeness (QED) is 0.864. The number of hydrogen-bond donors (Lipinski definition) is 2. The molecule has 2 rings (SSSR count). The van der Waals surface area contributed by atoms with Crippen molar-refractivity contribution in [1.82, 2.24) is 5.32 Å². The monoisotopic (exact) mass is 327 g/mol. The molecule has 0 aromatic heterocycles. The first-order chi connectivity index (χ1) is 10.5. The predicted octanol–water partition coefficient (Wildman–Crippen LogP) is 2.02. The fraction of sp³-hybridized carbons (Fsp3) is 0.467. The molecule has 6 nitrogen and oxygen atoms in total. The Balaban J connectivity index is 2.14. The van der Waals surface area contributed by atoms with E-state index in [-0.39, 0.29) is 11.8 Å². The molecule has 0 saturated carbocycles. The summed E-state index contributed by atoms with van der Waals surface area (Å²) < 4.78 is 10.3. The summed E-state index contributed by atoms with van der Waals surface area (Å²) in [5.74, 6) is -1.34. The highest BCUT2D eigenvalue weighted by Gasteiger charge is 2.28. The average molecular weight is 328 g/mol. The molecule has 22 heavy (non-hydrogen) atoms. The maximum Gasteiger partial charge on any atom is 0.330 e. The van der Waals surface area contributed by atoms with Crippen LogP contribution < -0.4 is 10.1 Å². The van der Waals surface area contributed by atoms with Crippen molar-refractivity contribution in [3.63, 3.8) is 0 Å². The van der Waals surface area contributed by atoms with Crippen molar-refractivity contribution < 1.29 is 24.2 Å². The maximum absolute atomic E-state index is 12.2. The highest BCUT2D eigenvalue weighted by molar-refractivity contribution is 6.32. The van der Waals surface area contributed by atoms with Gasteiger partial charge in [-0.15, -0.1) is 0 Å². The number of carboxylic acids is 1. The minimum Gasteiger partial charge on any atom is -0.495 e. The summed E-state index contributed by atoms with van der Waals surface area (Å²) in [7, 11) is 1.47. The molecule has 0 radical (unpaired) electrons. The summed E-state index contributed by atoms with van der Waals surface area (Å²) in [6.45, 7) is 0.960. The van der Waals surface area contributed by atoms with E-state index in [0.717, 1.165) is 6.42 Å². The molecule has 1 aromatic rings. The number of carbonyl (C=O) groups is 2. The Morgan fingerprint density at radius 2 is 2.27 bits per heavy atom. The van der Waals surface area contributed by atoms with Crippen LogP contribution >= 0.6 is 11.6 Å². The van der Waals surface area contributed by atoms with Gasteiger partial charge < -0.3 is 19.9 Å². The highest BCUT2D eigenvalue weighted by atomic mass is 35.5. The lowest BCUT2D eigenvalue weighted by molar-refractivity contribution is -0.143. The van der Waals surface area contributed by atoms with E-state index in [2.05, 4.69) is 5.32 Å². The zero-order valence-corrected chi connectivity index (χ0v) is 12.9. The Morgan fingerprint density at radius 3 is 2.82 bits per heavy atom. The molecule has 0 aliphatic carbocycles. The van der Waals surface area contributed by atoms with Crippen molar-refractivity contribution >= 4 is 23.5 Å². The fourth-order valence-electron chi connectivity index (χ4n) is 2.36. The van der Waals surface area contributed by atoms with Crippen LogP contribution in [0.4, 0.5) is 0 Å². The van der Waals surface area contributed by atoms with Gasteiger partial charge in [0.2, 0.25) is 5.91 Å². The lowest BCUT2D eigenvalue weighted by Gasteiger charge is -2.23. The van der Waals surface area contributed by atoms with E-state index in [1.54, 1.807) is 12.1 Å². The number of benzene rings is 1. The number of nitrogens with one attached hydrogen (secondary N) is 1. The molecule has 7 heteroatoms. The Bertz CT molecular complexity index is 557. The number of aliphatic carboxylic acids is 1. The number of methoxy groups -OCH3 is 1. The van der Waals surface area contributed by atoms with Crippen LogP contribution in [0.3, 0.4) is 0 Å². The molecule has 1 amide bonds. The van der Waals surface area contributed by atoms with Gasteiger partial charge in [-0.25, -0.2) is 4.79 Å². The van der Waals surface area contributed by atoms with Crippen LogP contribution in [0.1, 0.15) is 24.4 Å². The standard InChI is InChI=1S/C15H18ClNO5/c1-21-12-5-4-9(7-11(12)16)13(15(19)20)17-14(18)10-3-2-6-22-8-10/h4-5,7,10,13H,2-3,6,8H2,1H3,(H,17,18)(H,19,20)/t10-,13-/m0/s1. The fourth-order valence-corrected chi connectivity index (χ4v) is 2.62. The van der Waals surface area contributed by atoms with E-state index < -0.39 is 12.0 Å². The molecule has 0 bridgehead atoms. The van der Waals surface area contributed by atoms with Gasteiger partial charge in [0.25, 0.3) is 0 Å². The number of carbonyl (C=O) groups excluding carboxylic acids is 1. The number of halogens is 1. The van der Waals surface area contributed by atoms with Gasteiger partial charge in [0, 0.05) is 6.61 Å². The molecule has 2 N–H and O–H groups in total. The van der Waals surface area contributed by atoms with Gasteiger partial charge in [-0.05, 0) is 30.5 Å². The van der Waals surface area contributed by atoms with E-state index >= 15 is 0 Å². The first-order valence-electron chi connectivity index (χ1n) is 6.97. The second-order valence-electron chi connectivity index (χ2n) is 5.09. The van der Waals surface area contributed by atoms with Crippen LogP contribution in [0.15, 0.2) is 18.2 Å². The first kappa shape index (κ1) is 16.6. The molecular weight excluding hydrogens is 310 g/mol. The van der Waals surface area contributed by atoms with Gasteiger partial charge in [0.05, 0.1) is 24.7 Å². The van der Waals surface area contributed by atoms with Crippen LogP contribution in [0, 0.1) is 5.92 Å². The molecule has 2 atom stereocenters. The molecule has 1 fully saturated rings. The molecule has 0 unspecified atom stereocenters. The molecule has 1 saturated heterocycles. The maximum atomic E-state index is 12.2. The largest absolute Gasteiger partial charge is 0.495 e. The molecule has 1 aliphatic rings. The van der Waals surface area contributed by atoms with Crippen LogP contribution in [0.5, 0.6) is 5.75 Å². The zero-order valence-electron chi connectivity index (χ0n) is 12.2. The smallest absolute Gasteiger partial charge is 0.330 e. The lowest BCUT2D eigenvalue weighted by atomic mass is 9.99. The third-order valence-electron chi connectivity index (χ3n) is 3.57. The van der Waals surface area contributed by atoms with E-state index in [1.165, 1.54) is 13.2 Å². The molecule has 1 heterocycles.